The molecule has 0 amide bonds. The van der Waals surface area contributed by atoms with Crippen molar-refractivity contribution in [3.05, 3.63) is 29.0 Å². The van der Waals surface area contributed by atoms with Gasteiger partial charge in [-0.25, -0.2) is 4.98 Å². The van der Waals surface area contributed by atoms with Crippen LogP contribution in [0.3, 0.4) is 0 Å². The van der Waals surface area contributed by atoms with E-state index in [0.29, 0.717) is 11.1 Å². The Morgan fingerprint density at radius 1 is 1.50 bits per heavy atom. The summed E-state index contributed by atoms with van der Waals surface area (Å²) in [6, 6.07) is 3.90. The molecule has 0 saturated heterocycles. The van der Waals surface area contributed by atoms with Gasteiger partial charge in [0.2, 0.25) is 0 Å². The van der Waals surface area contributed by atoms with Gasteiger partial charge in [0.1, 0.15) is 5.15 Å². The lowest BCUT2D eigenvalue weighted by Gasteiger charge is -2.04. The van der Waals surface area contributed by atoms with Gasteiger partial charge in [-0.05, 0) is 17.5 Å². The van der Waals surface area contributed by atoms with Gasteiger partial charge in [0.05, 0.1) is 0 Å². The Kier molecular flexibility index (Phi) is 2.28. The van der Waals surface area contributed by atoms with E-state index in [2.05, 4.69) is 18.8 Å². The minimum atomic E-state index is 0.459. The summed E-state index contributed by atoms with van der Waals surface area (Å²) in [6.45, 7) is 4.20. The smallest absolute Gasteiger partial charge is 0.132 e. The molecule has 1 nitrogen and oxygen atoms in total. The van der Waals surface area contributed by atoms with Crippen LogP contribution in [0.15, 0.2) is 18.3 Å². The van der Waals surface area contributed by atoms with Crippen molar-refractivity contribution in [2.75, 3.05) is 0 Å². The summed E-state index contributed by atoms with van der Waals surface area (Å²) >= 11 is 5.81. The van der Waals surface area contributed by atoms with E-state index in [-0.39, 0.29) is 0 Å². The van der Waals surface area contributed by atoms with Crippen molar-refractivity contribution < 1.29 is 0 Å². The zero-order valence-electron chi connectivity index (χ0n) is 6.13. The summed E-state index contributed by atoms with van der Waals surface area (Å²) in [4.78, 5) is 3.97. The number of hydrogen-bond acceptors (Lipinski definition) is 1. The van der Waals surface area contributed by atoms with Crippen LogP contribution in [0.1, 0.15) is 25.3 Å². The van der Waals surface area contributed by atoms with E-state index in [1.54, 1.807) is 6.20 Å². The molecule has 0 saturated carbocycles. The summed E-state index contributed by atoms with van der Waals surface area (Å²) in [7, 11) is 0. The van der Waals surface area contributed by atoms with Gasteiger partial charge in [0, 0.05) is 6.20 Å². The van der Waals surface area contributed by atoms with E-state index < -0.39 is 0 Å². The zero-order valence-corrected chi connectivity index (χ0v) is 6.89. The van der Waals surface area contributed by atoms with Crippen LogP contribution in [0, 0.1) is 0 Å². The molecule has 54 valence electrons. The Balaban J connectivity index is 3.03. The van der Waals surface area contributed by atoms with Gasteiger partial charge in [-0.1, -0.05) is 31.5 Å². The molecule has 0 aliphatic rings. The molecule has 0 aromatic carbocycles. The molecule has 0 N–H and O–H groups in total. The molecule has 1 rings (SSSR count). The SMILES string of the molecule is CC(C)c1cccnc1Cl. The molecule has 0 spiro atoms. The third kappa shape index (κ3) is 1.48. The summed E-state index contributed by atoms with van der Waals surface area (Å²) in [5.74, 6) is 0.459. The topological polar surface area (TPSA) is 12.9 Å². The number of hydrogen-bond donors (Lipinski definition) is 0. The highest BCUT2D eigenvalue weighted by molar-refractivity contribution is 6.30. The highest BCUT2D eigenvalue weighted by atomic mass is 35.5. The zero-order chi connectivity index (χ0) is 7.56. The van der Waals surface area contributed by atoms with E-state index in [0.717, 1.165) is 5.56 Å². The van der Waals surface area contributed by atoms with Crippen LogP contribution in [0.25, 0.3) is 0 Å². The molecule has 10 heavy (non-hydrogen) atoms. The fraction of sp³-hybridized carbons (Fsp3) is 0.375. The molecule has 0 aliphatic carbocycles. The first-order chi connectivity index (χ1) is 4.72. The van der Waals surface area contributed by atoms with Crippen LogP contribution in [0.5, 0.6) is 0 Å². The standard InChI is InChI=1S/C8H10ClN/c1-6(2)7-4-3-5-10-8(7)9/h3-6H,1-2H3. The highest BCUT2D eigenvalue weighted by Crippen LogP contribution is 2.20. The van der Waals surface area contributed by atoms with E-state index >= 15 is 0 Å². The molecule has 0 bridgehead atoms. The van der Waals surface area contributed by atoms with Crippen molar-refractivity contribution in [3.8, 4) is 0 Å². The van der Waals surface area contributed by atoms with E-state index in [4.69, 9.17) is 11.6 Å². The first kappa shape index (κ1) is 7.55. The third-order valence-electron chi connectivity index (χ3n) is 1.41. The third-order valence-corrected chi connectivity index (χ3v) is 1.73. The monoisotopic (exact) mass is 155 g/mol. The van der Waals surface area contributed by atoms with E-state index in [1.807, 2.05) is 12.1 Å². The lowest BCUT2D eigenvalue weighted by atomic mass is 10.1. The summed E-state index contributed by atoms with van der Waals surface area (Å²) < 4.78 is 0. The van der Waals surface area contributed by atoms with E-state index in [9.17, 15) is 0 Å². The Labute approximate surface area is 66.0 Å². The van der Waals surface area contributed by atoms with Crippen LogP contribution in [-0.2, 0) is 0 Å². The van der Waals surface area contributed by atoms with Crippen LogP contribution in [0.4, 0.5) is 0 Å². The number of pyridine rings is 1. The summed E-state index contributed by atoms with van der Waals surface area (Å²) in [5.41, 5.74) is 1.11. The second-order valence-electron chi connectivity index (χ2n) is 2.54. The lowest BCUT2D eigenvalue weighted by molar-refractivity contribution is 0.858. The lowest BCUT2D eigenvalue weighted by Crippen LogP contribution is -1.89. The minimum absolute atomic E-state index is 0.459. The average molecular weight is 156 g/mol. The fourth-order valence-electron chi connectivity index (χ4n) is 0.829. The largest absolute Gasteiger partial charge is 0.244 e. The van der Waals surface area contributed by atoms with Crippen LogP contribution in [0.2, 0.25) is 5.15 Å². The van der Waals surface area contributed by atoms with Gasteiger partial charge < -0.3 is 0 Å². The molecule has 0 atom stereocenters. The first-order valence-corrected chi connectivity index (χ1v) is 3.70. The Morgan fingerprint density at radius 3 is 2.60 bits per heavy atom. The number of nitrogens with zero attached hydrogens (tertiary/aromatic N) is 1. The quantitative estimate of drug-likeness (QED) is 0.569. The first-order valence-electron chi connectivity index (χ1n) is 3.32. The number of rotatable bonds is 1. The molecule has 0 radical (unpaired) electrons. The van der Waals surface area contributed by atoms with Crippen LogP contribution in [-0.4, -0.2) is 4.98 Å². The maximum absolute atomic E-state index is 5.81. The predicted octanol–water partition coefficient (Wildman–Crippen LogP) is 2.86. The molecule has 0 aliphatic heterocycles. The molecule has 0 unspecified atom stereocenters. The van der Waals surface area contributed by atoms with Gasteiger partial charge in [0.15, 0.2) is 0 Å². The van der Waals surface area contributed by atoms with Crippen molar-refractivity contribution in [2.24, 2.45) is 0 Å². The number of halogens is 1. The molecule has 1 aromatic heterocycles. The van der Waals surface area contributed by atoms with Crippen LogP contribution >= 0.6 is 11.6 Å². The highest BCUT2D eigenvalue weighted by Gasteiger charge is 2.02. The number of aromatic nitrogens is 1. The van der Waals surface area contributed by atoms with Crippen molar-refractivity contribution in [1.29, 1.82) is 0 Å². The summed E-state index contributed by atoms with van der Waals surface area (Å²) in [6.07, 6.45) is 1.70. The maximum atomic E-state index is 5.81. The van der Waals surface area contributed by atoms with Gasteiger partial charge in [-0.2, -0.15) is 0 Å². The van der Waals surface area contributed by atoms with Gasteiger partial charge in [-0.15, -0.1) is 0 Å². The van der Waals surface area contributed by atoms with Crippen molar-refractivity contribution in [2.45, 2.75) is 19.8 Å². The van der Waals surface area contributed by atoms with E-state index in [1.165, 1.54) is 0 Å². The average Bonchev–Trinajstić information content (AvgIpc) is 1.88. The molecule has 1 heterocycles. The Morgan fingerprint density at radius 2 is 2.20 bits per heavy atom. The van der Waals surface area contributed by atoms with Gasteiger partial charge in [0.25, 0.3) is 0 Å². The molecule has 1 aromatic rings. The Hall–Kier alpha value is -0.560. The van der Waals surface area contributed by atoms with Crippen molar-refractivity contribution in [1.82, 2.24) is 4.98 Å². The normalized spacial score (nSPS) is 10.4. The molecular weight excluding hydrogens is 146 g/mol. The molecule has 2 heteroatoms. The summed E-state index contributed by atoms with van der Waals surface area (Å²) in [5, 5.41) is 0.623. The Bertz CT molecular complexity index is 220. The predicted molar refractivity (Wildman–Crippen MR) is 43.3 cm³/mol. The molecular formula is C8H10ClN. The van der Waals surface area contributed by atoms with Crippen LogP contribution < -0.4 is 0 Å². The maximum Gasteiger partial charge on any atom is 0.132 e. The second kappa shape index (κ2) is 3.02. The minimum Gasteiger partial charge on any atom is -0.244 e. The van der Waals surface area contributed by atoms with Crippen molar-refractivity contribution >= 4 is 11.6 Å². The van der Waals surface area contributed by atoms with Gasteiger partial charge in [-0.3, -0.25) is 0 Å². The van der Waals surface area contributed by atoms with Crippen molar-refractivity contribution in [3.63, 3.8) is 0 Å². The fourth-order valence-corrected chi connectivity index (χ4v) is 1.17. The van der Waals surface area contributed by atoms with Gasteiger partial charge >= 0.3 is 0 Å². The second-order valence-corrected chi connectivity index (χ2v) is 2.90. The molecule has 0 fully saturated rings.